The number of sulfonamides is 1. The molecule has 0 aliphatic carbocycles. The Labute approximate surface area is 226 Å². The minimum Gasteiger partial charge on any atom is -0.495 e. The topological polar surface area (TPSA) is 75.7 Å². The third-order valence-corrected chi connectivity index (χ3v) is 8.61. The van der Waals surface area contributed by atoms with Crippen molar-refractivity contribution in [2.45, 2.75) is 15.5 Å². The van der Waals surface area contributed by atoms with E-state index < -0.39 is 22.5 Å². The minimum absolute atomic E-state index is 0.0765. The number of amides is 1. The van der Waals surface area contributed by atoms with Crippen LogP contribution in [0.3, 0.4) is 0 Å². The van der Waals surface area contributed by atoms with Crippen molar-refractivity contribution in [3.05, 3.63) is 114 Å². The molecule has 190 valence electrons. The quantitative estimate of drug-likeness (QED) is 0.228. The second kappa shape index (κ2) is 12.2. The van der Waals surface area contributed by atoms with Crippen molar-refractivity contribution < 1.29 is 17.9 Å². The van der Waals surface area contributed by atoms with Crippen LogP contribution >= 0.6 is 23.4 Å². The van der Waals surface area contributed by atoms with Crippen molar-refractivity contribution in [2.24, 2.45) is 0 Å². The Morgan fingerprint density at radius 1 is 0.892 bits per heavy atom. The molecular weight excluding hydrogens is 528 g/mol. The fourth-order valence-electron chi connectivity index (χ4n) is 3.61. The van der Waals surface area contributed by atoms with E-state index in [0.717, 1.165) is 14.8 Å². The largest absolute Gasteiger partial charge is 0.495 e. The zero-order valence-corrected chi connectivity index (χ0v) is 22.4. The van der Waals surface area contributed by atoms with Crippen LogP contribution in [0.25, 0.3) is 0 Å². The lowest BCUT2D eigenvalue weighted by atomic mass is 10.2. The number of halogens is 1. The first kappa shape index (κ1) is 26.6. The highest BCUT2D eigenvalue weighted by atomic mass is 35.5. The van der Waals surface area contributed by atoms with Gasteiger partial charge in [-0.1, -0.05) is 66.2 Å². The maximum absolute atomic E-state index is 13.6. The molecule has 0 aromatic heterocycles. The molecule has 0 atom stereocenters. The smallest absolute Gasteiger partial charge is 0.264 e. The van der Waals surface area contributed by atoms with Crippen molar-refractivity contribution in [3.63, 3.8) is 0 Å². The van der Waals surface area contributed by atoms with Gasteiger partial charge in [0.25, 0.3) is 10.0 Å². The summed E-state index contributed by atoms with van der Waals surface area (Å²) in [5.41, 5.74) is 1.96. The number of thioether (sulfide) groups is 1. The van der Waals surface area contributed by atoms with Crippen molar-refractivity contribution in [3.8, 4) is 5.75 Å². The molecule has 0 radical (unpaired) electrons. The maximum atomic E-state index is 13.6. The van der Waals surface area contributed by atoms with Crippen LogP contribution < -0.4 is 14.4 Å². The molecule has 4 aromatic rings. The molecule has 0 unspecified atom stereocenters. The lowest BCUT2D eigenvalue weighted by molar-refractivity contribution is -0.114. The van der Waals surface area contributed by atoms with Crippen molar-refractivity contribution in [2.75, 3.05) is 23.3 Å². The van der Waals surface area contributed by atoms with Crippen LogP contribution in [-0.2, 0) is 20.6 Å². The first-order chi connectivity index (χ1) is 17.9. The predicted octanol–water partition coefficient (Wildman–Crippen LogP) is 6.47. The molecule has 1 N–H and O–H groups in total. The fraction of sp³-hybridized carbons (Fsp3) is 0.107. The SMILES string of the molecule is COc1ccccc1N(CC(=O)Nc1ccccc1SCc1ccc(Cl)cc1)S(=O)(=O)c1ccccc1. The summed E-state index contributed by atoms with van der Waals surface area (Å²) in [6, 6.07) is 29.7. The molecule has 0 aliphatic rings. The third kappa shape index (κ3) is 6.65. The molecule has 0 bridgehead atoms. The number of para-hydroxylation sites is 3. The molecule has 0 saturated heterocycles. The Morgan fingerprint density at radius 3 is 2.27 bits per heavy atom. The summed E-state index contributed by atoms with van der Waals surface area (Å²) in [6.45, 7) is -0.437. The number of anilines is 2. The van der Waals surface area contributed by atoms with Crippen LogP contribution in [0.5, 0.6) is 5.75 Å². The number of nitrogens with zero attached hydrogens (tertiary/aromatic N) is 1. The number of benzene rings is 4. The summed E-state index contributed by atoms with van der Waals surface area (Å²) in [5, 5.41) is 3.56. The second-order valence-electron chi connectivity index (χ2n) is 7.96. The lowest BCUT2D eigenvalue weighted by Crippen LogP contribution is -2.38. The number of carbonyl (C=O) groups excluding carboxylic acids is 1. The Morgan fingerprint density at radius 2 is 1.54 bits per heavy atom. The summed E-state index contributed by atoms with van der Waals surface area (Å²) >= 11 is 7.54. The van der Waals surface area contributed by atoms with Crippen LogP contribution in [0.2, 0.25) is 5.02 Å². The molecule has 9 heteroatoms. The van der Waals surface area contributed by atoms with Gasteiger partial charge >= 0.3 is 0 Å². The molecule has 6 nitrogen and oxygen atoms in total. The fourth-order valence-corrected chi connectivity index (χ4v) is 6.16. The van der Waals surface area contributed by atoms with Crippen molar-refractivity contribution in [1.82, 2.24) is 0 Å². The summed E-state index contributed by atoms with van der Waals surface area (Å²) < 4.78 is 33.7. The minimum atomic E-state index is -4.06. The van der Waals surface area contributed by atoms with Gasteiger partial charge in [-0.2, -0.15) is 0 Å². The summed E-state index contributed by atoms with van der Waals surface area (Å²) in [4.78, 5) is 14.2. The number of hydrogen-bond acceptors (Lipinski definition) is 5. The van der Waals surface area contributed by atoms with Gasteiger partial charge in [-0.3, -0.25) is 9.10 Å². The van der Waals surface area contributed by atoms with Crippen molar-refractivity contribution in [1.29, 1.82) is 0 Å². The first-order valence-electron chi connectivity index (χ1n) is 11.4. The molecule has 1 amide bonds. The number of methoxy groups -OCH3 is 1. The number of rotatable bonds is 10. The van der Waals surface area contributed by atoms with Gasteiger partial charge in [-0.25, -0.2) is 8.42 Å². The normalized spacial score (nSPS) is 11.1. The monoisotopic (exact) mass is 552 g/mol. The van der Waals surface area contributed by atoms with Crippen LogP contribution in [0.1, 0.15) is 5.56 Å². The molecule has 0 fully saturated rings. The molecule has 0 heterocycles. The Bertz CT molecular complexity index is 1460. The number of carbonyl (C=O) groups is 1. The van der Waals surface area contributed by atoms with Crippen LogP contribution in [-0.4, -0.2) is 28.0 Å². The van der Waals surface area contributed by atoms with Gasteiger partial charge in [0.2, 0.25) is 5.91 Å². The maximum Gasteiger partial charge on any atom is 0.264 e. The summed E-state index contributed by atoms with van der Waals surface area (Å²) in [6.07, 6.45) is 0. The van der Waals surface area contributed by atoms with E-state index in [1.165, 1.54) is 19.2 Å². The highest BCUT2D eigenvalue weighted by molar-refractivity contribution is 7.98. The lowest BCUT2D eigenvalue weighted by Gasteiger charge is -2.25. The van der Waals surface area contributed by atoms with E-state index >= 15 is 0 Å². The molecule has 0 spiro atoms. The van der Waals surface area contributed by atoms with Gasteiger partial charge in [0, 0.05) is 15.7 Å². The average Bonchev–Trinajstić information content (AvgIpc) is 2.92. The van der Waals surface area contributed by atoms with Gasteiger partial charge in [-0.15, -0.1) is 11.8 Å². The van der Waals surface area contributed by atoms with E-state index in [2.05, 4.69) is 5.32 Å². The van der Waals surface area contributed by atoms with Crippen LogP contribution in [0.4, 0.5) is 11.4 Å². The Balaban J connectivity index is 1.58. The van der Waals surface area contributed by atoms with Crippen molar-refractivity contribution >= 4 is 50.7 Å². The zero-order chi connectivity index (χ0) is 26.3. The van der Waals surface area contributed by atoms with E-state index in [1.807, 2.05) is 42.5 Å². The molecule has 0 saturated carbocycles. The Hall–Kier alpha value is -3.46. The highest BCUT2D eigenvalue weighted by Gasteiger charge is 2.29. The van der Waals surface area contributed by atoms with Crippen LogP contribution in [0.15, 0.2) is 113 Å². The van der Waals surface area contributed by atoms with Gasteiger partial charge in [0.05, 0.1) is 23.4 Å². The highest BCUT2D eigenvalue weighted by Crippen LogP contribution is 2.33. The van der Waals surface area contributed by atoms with E-state index in [9.17, 15) is 13.2 Å². The predicted molar refractivity (Wildman–Crippen MR) is 150 cm³/mol. The summed E-state index contributed by atoms with van der Waals surface area (Å²) in [7, 11) is -2.60. The van der Waals surface area contributed by atoms with Crippen LogP contribution in [0, 0.1) is 0 Å². The first-order valence-corrected chi connectivity index (χ1v) is 14.2. The average molecular weight is 553 g/mol. The van der Waals surface area contributed by atoms with Gasteiger partial charge in [-0.05, 0) is 54.1 Å². The van der Waals surface area contributed by atoms with E-state index in [1.54, 1.807) is 60.3 Å². The van der Waals surface area contributed by atoms with E-state index in [0.29, 0.717) is 22.2 Å². The van der Waals surface area contributed by atoms with E-state index in [4.69, 9.17) is 16.3 Å². The van der Waals surface area contributed by atoms with E-state index in [-0.39, 0.29) is 10.6 Å². The number of ether oxygens (including phenoxy) is 1. The number of nitrogens with one attached hydrogen (secondary N) is 1. The summed E-state index contributed by atoms with van der Waals surface area (Å²) in [5.74, 6) is 0.540. The third-order valence-electron chi connectivity index (χ3n) is 5.44. The molecule has 0 aliphatic heterocycles. The van der Waals surface area contributed by atoms with Gasteiger partial charge < -0.3 is 10.1 Å². The van der Waals surface area contributed by atoms with Gasteiger partial charge in [0.1, 0.15) is 12.3 Å². The Kier molecular flexibility index (Phi) is 8.76. The molecule has 4 rings (SSSR count). The molecular formula is C28H25ClN2O4S2. The molecule has 4 aromatic carbocycles. The number of hydrogen-bond donors (Lipinski definition) is 1. The standard InChI is InChI=1S/C28H25ClN2O4S2/c1-35-26-13-7-6-12-25(26)31(37(33,34)23-9-3-2-4-10-23)19-28(32)30-24-11-5-8-14-27(24)36-20-21-15-17-22(29)18-16-21/h2-18H,19-20H2,1H3,(H,30,32). The molecule has 37 heavy (non-hydrogen) atoms. The second-order valence-corrected chi connectivity index (χ2v) is 11.3. The zero-order valence-electron chi connectivity index (χ0n) is 20.0. The van der Waals surface area contributed by atoms with Gasteiger partial charge in [0.15, 0.2) is 0 Å².